The first kappa shape index (κ1) is 18.7. The summed E-state index contributed by atoms with van der Waals surface area (Å²) in [5.41, 5.74) is 5.24. The van der Waals surface area contributed by atoms with Crippen molar-refractivity contribution >= 4 is 23.5 Å². The van der Waals surface area contributed by atoms with Crippen LogP contribution in [0.1, 0.15) is 28.8 Å². The topological polar surface area (TPSA) is 52.2 Å². The van der Waals surface area contributed by atoms with Crippen molar-refractivity contribution in [2.24, 2.45) is 0 Å². The molecular weight excluding hydrogens is 362 g/mol. The fourth-order valence-electron chi connectivity index (χ4n) is 3.37. The molecule has 1 aromatic heterocycles. The van der Waals surface area contributed by atoms with E-state index in [1.165, 1.54) is 11.1 Å². The summed E-state index contributed by atoms with van der Waals surface area (Å²) in [6, 6.07) is 23.8. The Morgan fingerprint density at radius 2 is 1.59 bits per heavy atom. The van der Waals surface area contributed by atoms with Crippen molar-refractivity contribution in [3.05, 3.63) is 101 Å². The summed E-state index contributed by atoms with van der Waals surface area (Å²) >= 11 is 0. The van der Waals surface area contributed by atoms with Crippen LogP contribution < -0.4 is 5.76 Å². The Kier molecular flexibility index (Phi) is 5.52. The van der Waals surface area contributed by atoms with Crippen LogP contribution in [0.4, 0.5) is 0 Å². The van der Waals surface area contributed by atoms with Crippen LogP contribution in [-0.4, -0.2) is 10.9 Å². The smallest absolute Gasteiger partial charge is 0.408 e. The second-order valence-corrected chi connectivity index (χ2v) is 6.90. The molecule has 4 aromatic rings. The minimum atomic E-state index is -0.386. The number of carbonyl (C=O) groups excluding carboxylic acids is 1. The molecule has 4 heteroatoms. The molecule has 3 aromatic carbocycles. The molecular formula is C25H21NO3. The van der Waals surface area contributed by atoms with E-state index in [-0.39, 0.29) is 5.76 Å². The summed E-state index contributed by atoms with van der Waals surface area (Å²) in [6.07, 6.45) is 6.64. The van der Waals surface area contributed by atoms with E-state index in [0.29, 0.717) is 17.7 Å². The summed E-state index contributed by atoms with van der Waals surface area (Å²) in [6.45, 7) is 0.573. The number of allylic oxidation sites excluding steroid dienone is 1. The highest BCUT2D eigenvalue weighted by Crippen LogP contribution is 2.20. The van der Waals surface area contributed by atoms with Gasteiger partial charge in [0.15, 0.2) is 5.58 Å². The highest BCUT2D eigenvalue weighted by Gasteiger charge is 2.09. The van der Waals surface area contributed by atoms with E-state index in [2.05, 4.69) is 48.6 Å². The zero-order valence-electron chi connectivity index (χ0n) is 16.0. The maximum Gasteiger partial charge on any atom is 0.419 e. The predicted molar refractivity (Wildman–Crippen MR) is 116 cm³/mol. The van der Waals surface area contributed by atoms with E-state index in [1.54, 1.807) is 22.8 Å². The van der Waals surface area contributed by atoms with Gasteiger partial charge in [0.2, 0.25) is 0 Å². The Hall–Kier alpha value is -3.66. The molecule has 144 valence electrons. The molecule has 0 N–H and O–H groups in total. The molecule has 0 aliphatic carbocycles. The molecule has 4 nitrogen and oxygen atoms in total. The van der Waals surface area contributed by atoms with Crippen molar-refractivity contribution < 1.29 is 9.21 Å². The minimum absolute atomic E-state index is 0.386. The lowest BCUT2D eigenvalue weighted by molar-refractivity contribution is 0.112. The molecule has 0 saturated heterocycles. The molecule has 4 rings (SSSR count). The van der Waals surface area contributed by atoms with Crippen LogP contribution in [0.15, 0.2) is 88.1 Å². The lowest BCUT2D eigenvalue weighted by Gasteiger charge is -2.02. The number of hydrogen-bond acceptors (Lipinski definition) is 3. The number of aryl methyl sites for hydroxylation is 1. The Balaban J connectivity index is 1.35. The fourth-order valence-corrected chi connectivity index (χ4v) is 3.37. The largest absolute Gasteiger partial charge is 0.419 e. The van der Waals surface area contributed by atoms with E-state index in [4.69, 9.17) is 4.42 Å². The number of rotatable bonds is 7. The third-order valence-electron chi connectivity index (χ3n) is 4.91. The molecule has 0 unspecified atom stereocenters. The van der Waals surface area contributed by atoms with Gasteiger partial charge in [0.1, 0.15) is 6.29 Å². The number of carbonyl (C=O) groups is 1. The third-order valence-corrected chi connectivity index (χ3v) is 4.91. The molecule has 0 spiro atoms. The molecule has 0 saturated carbocycles. The van der Waals surface area contributed by atoms with Crippen molar-refractivity contribution in [2.75, 3.05) is 0 Å². The molecule has 29 heavy (non-hydrogen) atoms. The molecule has 0 fully saturated rings. The number of fused-ring (bicyclic) bond motifs is 1. The van der Waals surface area contributed by atoms with Gasteiger partial charge in [0.25, 0.3) is 0 Å². The Morgan fingerprint density at radius 1 is 0.862 bits per heavy atom. The number of hydrogen-bond donors (Lipinski definition) is 0. The van der Waals surface area contributed by atoms with Gasteiger partial charge in [-0.1, -0.05) is 66.7 Å². The number of benzene rings is 3. The van der Waals surface area contributed by atoms with Gasteiger partial charge in [-0.3, -0.25) is 9.36 Å². The first-order chi connectivity index (χ1) is 14.2. The van der Waals surface area contributed by atoms with Crippen LogP contribution in [0.3, 0.4) is 0 Å². The lowest BCUT2D eigenvalue weighted by atomic mass is 10.0. The molecule has 0 atom stereocenters. The van der Waals surface area contributed by atoms with Crippen molar-refractivity contribution in [1.82, 2.24) is 4.57 Å². The number of nitrogens with zero attached hydrogens (tertiary/aromatic N) is 1. The second kappa shape index (κ2) is 8.57. The first-order valence-electron chi connectivity index (χ1n) is 9.65. The van der Waals surface area contributed by atoms with Gasteiger partial charge < -0.3 is 4.42 Å². The number of aromatic nitrogens is 1. The van der Waals surface area contributed by atoms with Crippen molar-refractivity contribution in [1.29, 1.82) is 0 Å². The van der Waals surface area contributed by atoms with Crippen LogP contribution in [0.25, 0.3) is 28.3 Å². The van der Waals surface area contributed by atoms with Crippen molar-refractivity contribution in [2.45, 2.75) is 19.4 Å². The predicted octanol–water partition coefficient (Wildman–Crippen LogP) is 5.57. The van der Waals surface area contributed by atoms with Gasteiger partial charge in [-0.05, 0) is 47.7 Å². The van der Waals surface area contributed by atoms with Crippen LogP contribution in [0.2, 0.25) is 0 Å². The van der Waals surface area contributed by atoms with E-state index in [9.17, 15) is 9.59 Å². The van der Waals surface area contributed by atoms with Gasteiger partial charge >= 0.3 is 5.76 Å². The standard InChI is InChI=1S/C25H21NO3/c27-18-20-12-15-23-24(17-20)29-25(28)26(23)16-6-2-3-7-19-10-13-22(14-11-19)21-8-4-1-5-9-21/h1,3-5,7-15,17-18H,2,6,16H2/b7-3+. The maximum absolute atomic E-state index is 12.1. The summed E-state index contributed by atoms with van der Waals surface area (Å²) in [4.78, 5) is 22.9. The van der Waals surface area contributed by atoms with Gasteiger partial charge in [-0.15, -0.1) is 0 Å². The Bertz CT molecular complexity index is 1200. The molecule has 0 amide bonds. The van der Waals surface area contributed by atoms with E-state index in [1.807, 2.05) is 18.2 Å². The van der Waals surface area contributed by atoms with E-state index < -0.39 is 0 Å². The maximum atomic E-state index is 12.1. The SMILES string of the molecule is O=Cc1ccc2c(c1)oc(=O)n2CCC/C=C/c1ccc(-c2ccccc2)cc1. The summed E-state index contributed by atoms with van der Waals surface area (Å²) < 4.78 is 6.86. The number of unbranched alkanes of at least 4 members (excludes halogenated alkanes) is 1. The summed E-state index contributed by atoms with van der Waals surface area (Å²) in [5, 5.41) is 0. The fraction of sp³-hybridized carbons (Fsp3) is 0.120. The monoisotopic (exact) mass is 383 g/mol. The summed E-state index contributed by atoms with van der Waals surface area (Å²) in [5.74, 6) is -0.386. The summed E-state index contributed by atoms with van der Waals surface area (Å²) in [7, 11) is 0. The normalized spacial score (nSPS) is 11.3. The first-order valence-corrected chi connectivity index (χ1v) is 9.65. The molecule has 0 aliphatic rings. The van der Waals surface area contributed by atoms with Gasteiger partial charge in [0.05, 0.1) is 5.52 Å². The number of oxazole rings is 1. The number of aldehydes is 1. The Labute approximate surface area is 168 Å². The Morgan fingerprint density at radius 3 is 2.34 bits per heavy atom. The molecule has 0 bridgehead atoms. The minimum Gasteiger partial charge on any atom is -0.408 e. The lowest BCUT2D eigenvalue weighted by Crippen LogP contribution is -2.13. The van der Waals surface area contributed by atoms with E-state index >= 15 is 0 Å². The molecule has 1 heterocycles. The second-order valence-electron chi connectivity index (χ2n) is 6.90. The molecule has 0 aliphatic heterocycles. The highest BCUT2D eigenvalue weighted by molar-refractivity contribution is 5.83. The van der Waals surface area contributed by atoms with Crippen LogP contribution >= 0.6 is 0 Å². The highest BCUT2D eigenvalue weighted by atomic mass is 16.4. The van der Waals surface area contributed by atoms with Gasteiger partial charge in [0, 0.05) is 12.1 Å². The zero-order valence-corrected chi connectivity index (χ0v) is 16.0. The average molecular weight is 383 g/mol. The van der Waals surface area contributed by atoms with Crippen LogP contribution in [0.5, 0.6) is 0 Å². The quantitative estimate of drug-likeness (QED) is 0.310. The van der Waals surface area contributed by atoms with Crippen molar-refractivity contribution in [3.63, 3.8) is 0 Å². The molecule has 0 radical (unpaired) electrons. The van der Waals surface area contributed by atoms with Gasteiger partial charge in [-0.2, -0.15) is 0 Å². The van der Waals surface area contributed by atoms with Crippen LogP contribution in [0, 0.1) is 0 Å². The van der Waals surface area contributed by atoms with E-state index in [0.717, 1.165) is 30.2 Å². The van der Waals surface area contributed by atoms with Crippen molar-refractivity contribution in [3.8, 4) is 11.1 Å². The van der Waals surface area contributed by atoms with Crippen LogP contribution in [-0.2, 0) is 6.54 Å². The zero-order chi connectivity index (χ0) is 20.1. The van der Waals surface area contributed by atoms with Gasteiger partial charge in [-0.25, -0.2) is 4.79 Å². The average Bonchev–Trinajstić information content (AvgIpc) is 3.08. The third kappa shape index (κ3) is 4.27.